The van der Waals surface area contributed by atoms with Gasteiger partial charge in [-0.1, -0.05) is 6.07 Å². The number of rotatable bonds is 3. The second-order valence-corrected chi connectivity index (χ2v) is 5.54. The standard InChI is InChI=1S/C13H13F2NO3S/c14-9-2-1-3-10(15)8(9)6-12(17)16-4-5-20-7-11(16)13(18)19/h1-3,11H,4-7H2,(H,18,19). The van der Waals surface area contributed by atoms with Gasteiger partial charge >= 0.3 is 5.97 Å². The Bertz CT molecular complexity index is 518. The summed E-state index contributed by atoms with van der Waals surface area (Å²) >= 11 is 1.44. The molecular formula is C13H13F2NO3S. The zero-order chi connectivity index (χ0) is 14.7. The van der Waals surface area contributed by atoms with Crippen LogP contribution in [0.25, 0.3) is 0 Å². The lowest BCUT2D eigenvalue weighted by Crippen LogP contribution is -2.50. The molecular weight excluding hydrogens is 288 g/mol. The number of carboxylic acid groups (broad SMARTS) is 1. The van der Waals surface area contributed by atoms with E-state index >= 15 is 0 Å². The molecule has 1 aromatic rings. The minimum atomic E-state index is -1.10. The van der Waals surface area contributed by atoms with Crippen LogP contribution in [0, 0.1) is 11.6 Å². The van der Waals surface area contributed by atoms with E-state index in [1.54, 1.807) is 0 Å². The van der Waals surface area contributed by atoms with E-state index in [-0.39, 0.29) is 12.1 Å². The predicted octanol–water partition coefficient (Wildman–Crippen LogP) is 1.54. The summed E-state index contributed by atoms with van der Waals surface area (Å²) in [6.07, 6.45) is -0.465. The molecule has 1 aliphatic heterocycles. The summed E-state index contributed by atoms with van der Waals surface area (Å²) in [5.41, 5.74) is -0.320. The summed E-state index contributed by atoms with van der Waals surface area (Å²) in [5.74, 6) is -2.34. The Morgan fingerprint density at radius 1 is 1.35 bits per heavy atom. The number of halogens is 2. The number of carboxylic acids is 1. The van der Waals surface area contributed by atoms with Crippen molar-refractivity contribution in [3.05, 3.63) is 35.4 Å². The van der Waals surface area contributed by atoms with Gasteiger partial charge in [0.2, 0.25) is 5.91 Å². The Kier molecular flexibility index (Phi) is 4.59. The molecule has 108 valence electrons. The van der Waals surface area contributed by atoms with Crippen LogP contribution in [0.2, 0.25) is 0 Å². The van der Waals surface area contributed by atoms with E-state index in [2.05, 4.69) is 0 Å². The van der Waals surface area contributed by atoms with Crippen molar-refractivity contribution < 1.29 is 23.5 Å². The van der Waals surface area contributed by atoms with Crippen LogP contribution < -0.4 is 0 Å². The lowest BCUT2D eigenvalue weighted by molar-refractivity contribution is -0.149. The lowest BCUT2D eigenvalue weighted by Gasteiger charge is -2.32. The third kappa shape index (κ3) is 3.09. The highest BCUT2D eigenvalue weighted by Crippen LogP contribution is 2.20. The number of nitrogens with zero attached hydrogens (tertiary/aromatic N) is 1. The van der Waals surface area contributed by atoms with Gasteiger partial charge in [0.15, 0.2) is 0 Å². The summed E-state index contributed by atoms with van der Waals surface area (Å²) in [7, 11) is 0. The van der Waals surface area contributed by atoms with Crippen molar-refractivity contribution in [2.24, 2.45) is 0 Å². The molecule has 0 bridgehead atoms. The average Bonchev–Trinajstić information content (AvgIpc) is 2.43. The van der Waals surface area contributed by atoms with Gasteiger partial charge < -0.3 is 10.0 Å². The van der Waals surface area contributed by atoms with Gasteiger partial charge in [-0.25, -0.2) is 13.6 Å². The highest BCUT2D eigenvalue weighted by atomic mass is 32.2. The smallest absolute Gasteiger partial charge is 0.327 e. The van der Waals surface area contributed by atoms with Crippen molar-refractivity contribution >= 4 is 23.6 Å². The van der Waals surface area contributed by atoms with E-state index < -0.39 is 36.0 Å². The maximum Gasteiger partial charge on any atom is 0.327 e. The summed E-state index contributed by atoms with van der Waals surface area (Å²) in [6.45, 7) is 0.274. The van der Waals surface area contributed by atoms with Crippen LogP contribution in [-0.4, -0.2) is 46.0 Å². The fourth-order valence-corrected chi connectivity index (χ4v) is 3.10. The molecule has 1 atom stereocenters. The van der Waals surface area contributed by atoms with Gasteiger partial charge in [-0.15, -0.1) is 0 Å². The van der Waals surface area contributed by atoms with Crippen molar-refractivity contribution in [1.82, 2.24) is 4.90 Å². The Hall–Kier alpha value is -1.63. The molecule has 7 heteroatoms. The maximum atomic E-state index is 13.5. The summed E-state index contributed by atoms with van der Waals surface area (Å²) < 4.78 is 27.0. The van der Waals surface area contributed by atoms with Gasteiger partial charge in [-0.05, 0) is 12.1 Å². The van der Waals surface area contributed by atoms with Gasteiger partial charge in [0, 0.05) is 23.6 Å². The van der Waals surface area contributed by atoms with Gasteiger partial charge in [-0.3, -0.25) is 4.79 Å². The van der Waals surface area contributed by atoms with Crippen LogP contribution in [0.5, 0.6) is 0 Å². The minimum Gasteiger partial charge on any atom is -0.480 e. The fourth-order valence-electron chi connectivity index (χ4n) is 2.06. The van der Waals surface area contributed by atoms with Crippen molar-refractivity contribution in [1.29, 1.82) is 0 Å². The van der Waals surface area contributed by atoms with E-state index in [0.29, 0.717) is 11.5 Å². The molecule has 20 heavy (non-hydrogen) atoms. The molecule has 1 heterocycles. The van der Waals surface area contributed by atoms with Crippen LogP contribution in [0.3, 0.4) is 0 Å². The largest absolute Gasteiger partial charge is 0.480 e. The van der Waals surface area contributed by atoms with Crippen molar-refractivity contribution in [3.63, 3.8) is 0 Å². The number of hydrogen-bond donors (Lipinski definition) is 1. The van der Waals surface area contributed by atoms with E-state index in [9.17, 15) is 18.4 Å². The Labute approximate surface area is 118 Å². The zero-order valence-corrected chi connectivity index (χ0v) is 11.3. The molecule has 1 saturated heterocycles. The first-order valence-electron chi connectivity index (χ1n) is 6.03. The van der Waals surface area contributed by atoms with Crippen LogP contribution in [0.15, 0.2) is 18.2 Å². The molecule has 1 unspecified atom stereocenters. The summed E-state index contributed by atoms with van der Waals surface area (Å²) in [4.78, 5) is 24.4. The number of thioether (sulfide) groups is 1. The third-order valence-electron chi connectivity index (χ3n) is 3.12. The SMILES string of the molecule is O=C(O)C1CSCCN1C(=O)Cc1c(F)cccc1F. The summed E-state index contributed by atoms with van der Waals surface area (Å²) in [5, 5.41) is 9.08. The number of aliphatic carboxylic acids is 1. The fraction of sp³-hybridized carbons (Fsp3) is 0.385. The predicted molar refractivity (Wildman–Crippen MR) is 70.5 cm³/mol. The molecule has 1 fully saturated rings. The van der Waals surface area contributed by atoms with E-state index in [1.807, 2.05) is 0 Å². The third-order valence-corrected chi connectivity index (χ3v) is 4.15. The molecule has 1 amide bonds. The molecule has 1 aromatic carbocycles. The van der Waals surface area contributed by atoms with Crippen LogP contribution >= 0.6 is 11.8 Å². The molecule has 0 spiro atoms. The number of amides is 1. The first-order chi connectivity index (χ1) is 9.50. The summed E-state index contributed by atoms with van der Waals surface area (Å²) in [6, 6.07) is 2.44. The molecule has 1 aliphatic rings. The molecule has 4 nitrogen and oxygen atoms in total. The van der Waals surface area contributed by atoms with Crippen LogP contribution in [0.1, 0.15) is 5.56 Å². The second kappa shape index (κ2) is 6.21. The van der Waals surface area contributed by atoms with Gasteiger partial charge in [0.05, 0.1) is 6.42 Å². The van der Waals surface area contributed by atoms with Crippen molar-refractivity contribution in [2.75, 3.05) is 18.1 Å². The minimum absolute atomic E-state index is 0.274. The molecule has 2 rings (SSSR count). The molecule has 0 aliphatic carbocycles. The van der Waals surface area contributed by atoms with Crippen molar-refractivity contribution in [3.8, 4) is 0 Å². The van der Waals surface area contributed by atoms with E-state index in [1.165, 1.54) is 22.7 Å². The van der Waals surface area contributed by atoms with Gasteiger partial charge in [0.25, 0.3) is 0 Å². The first-order valence-corrected chi connectivity index (χ1v) is 7.19. The monoisotopic (exact) mass is 301 g/mol. The van der Waals surface area contributed by atoms with Crippen LogP contribution in [-0.2, 0) is 16.0 Å². The Morgan fingerprint density at radius 3 is 2.60 bits per heavy atom. The lowest BCUT2D eigenvalue weighted by atomic mass is 10.1. The molecule has 0 radical (unpaired) electrons. The highest BCUT2D eigenvalue weighted by molar-refractivity contribution is 7.99. The topological polar surface area (TPSA) is 57.6 Å². The Balaban J connectivity index is 2.16. The number of carbonyl (C=O) groups excluding carboxylic acids is 1. The molecule has 0 saturated carbocycles. The number of hydrogen-bond acceptors (Lipinski definition) is 3. The second-order valence-electron chi connectivity index (χ2n) is 4.39. The number of carbonyl (C=O) groups is 2. The number of benzene rings is 1. The first kappa shape index (κ1) is 14.8. The van der Waals surface area contributed by atoms with E-state index in [0.717, 1.165) is 12.1 Å². The van der Waals surface area contributed by atoms with Crippen molar-refractivity contribution in [2.45, 2.75) is 12.5 Å². The zero-order valence-electron chi connectivity index (χ0n) is 10.5. The highest BCUT2D eigenvalue weighted by Gasteiger charge is 2.32. The normalized spacial score (nSPS) is 18.9. The maximum absolute atomic E-state index is 13.5. The molecule has 0 aromatic heterocycles. The quantitative estimate of drug-likeness (QED) is 0.920. The van der Waals surface area contributed by atoms with Gasteiger partial charge in [-0.2, -0.15) is 11.8 Å². The average molecular weight is 301 g/mol. The van der Waals surface area contributed by atoms with E-state index in [4.69, 9.17) is 5.11 Å². The van der Waals surface area contributed by atoms with Gasteiger partial charge in [0.1, 0.15) is 17.7 Å². The Morgan fingerprint density at radius 2 is 2.00 bits per heavy atom. The van der Waals surface area contributed by atoms with Crippen LogP contribution in [0.4, 0.5) is 8.78 Å². The molecule has 1 N–H and O–H groups in total.